The minimum Gasteiger partial charge on any atom is -0.397 e. The van der Waals surface area contributed by atoms with Crippen LogP contribution < -0.4 is 11.1 Å². The molecule has 3 nitrogen and oxygen atoms in total. The van der Waals surface area contributed by atoms with Crippen molar-refractivity contribution >= 4 is 34.9 Å². The molecule has 1 rings (SSSR count). The van der Waals surface area contributed by atoms with E-state index in [0.29, 0.717) is 10.7 Å². The number of aromatic nitrogens is 1. The summed E-state index contributed by atoms with van der Waals surface area (Å²) in [5, 5.41) is 3.80. The van der Waals surface area contributed by atoms with Crippen LogP contribution in [-0.2, 0) is 0 Å². The van der Waals surface area contributed by atoms with Crippen LogP contribution in [0.15, 0.2) is 12.3 Å². The number of unbranched alkanes of at least 4 members (excludes halogenated alkanes) is 2. The third-order valence-electron chi connectivity index (χ3n) is 2.18. The van der Waals surface area contributed by atoms with Crippen LogP contribution in [0, 0.1) is 0 Å². The Kier molecular flexibility index (Phi) is 6.42. The highest BCUT2D eigenvalue weighted by molar-refractivity contribution is 7.98. The highest BCUT2D eigenvalue weighted by atomic mass is 35.5. The Balaban J connectivity index is 2.21. The van der Waals surface area contributed by atoms with Crippen molar-refractivity contribution in [2.24, 2.45) is 0 Å². The number of nitrogens with two attached hydrogens (primary N) is 1. The molecule has 5 heteroatoms. The van der Waals surface area contributed by atoms with E-state index in [2.05, 4.69) is 16.6 Å². The fraction of sp³-hybridized carbons (Fsp3) is 0.545. The molecular weight excluding hydrogens is 242 g/mol. The van der Waals surface area contributed by atoms with Gasteiger partial charge in [-0.15, -0.1) is 0 Å². The molecule has 0 fully saturated rings. The summed E-state index contributed by atoms with van der Waals surface area (Å²) in [6, 6.07) is 1.71. The molecule has 0 saturated carbocycles. The molecule has 0 unspecified atom stereocenters. The lowest BCUT2D eigenvalue weighted by Gasteiger charge is -2.07. The molecule has 3 N–H and O–H groups in total. The van der Waals surface area contributed by atoms with Gasteiger partial charge in [-0.1, -0.05) is 18.0 Å². The van der Waals surface area contributed by atoms with Crippen molar-refractivity contribution < 1.29 is 0 Å². The fourth-order valence-corrected chi connectivity index (χ4v) is 2.07. The zero-order valence-electron chi connectivity index (χ0n) is 9.50. The highest BCUT2D eigenvalue weighted by Crippen LogP contribution is 2.20. The number of anilines is 2. The molecule has 0 aromatic carbocycles. The second-order valence-corrected chi connectivity index (χ2v) is 4.97. The molecular formula is C11H18ClN3S. The van der Waals surface area contributed by atoms with Crippen LogP contribution in [-0.4, -0.2) is 23.5 Å². The predicted octanol–water partition coefficient (Wildman–Crippen LogP) is 3.26. The third kappa shape index (κ3) is 4.94. The van der Waals surface area contributed by atoms with Gasteiger partial charge >= 0.3 is 0 Å². The SMILES string of the molecule is CSCCCCCNc1ncc(N)cc1Cl. The number of rotatable bonds is 7. The van der Waals surface area contributed by atoms with Gasteiger partial charge in [0.05, 0.1) is 16.9 Å². The van der Waals surface area contributed by atoms with Crippen molar-refractivity contribution in [1.29, 1.82) is 0 Å². The van der Waals surface area contributed by atoms with Crippen molar-refractivity contribution in [3.05, 3.63) is 17.3 Å². The van der Waals surface area contributed by atoms with E-state index in [1.807, 2.05) is 11.8 Å². The number of hydrogen-bond donors (Lipinski definition) is 2. The molecule has 16 heavy (non-hydrogen) atoms. The van der Waals surface area contributed by atoms with Crippen LogP contribution in [0.3, 0.4) is 0 Å². The van der Waals surface area contributed by atoms with E-state index in [9.17, 15) is 0 Å². The lowest BCUT2D eigenvalue weighted by molar-refractivity contribution is 0.748. The molecule has 0 aliphatic carbocycles. The molecule has 1 heterocycles. The zero-order chi connectivity index (χ0) is 11.8. The van der Waals surface area contributed by atoms with E-state index in [1.165, 1.54) is 18.6 Å². The van der Waals surface area contributed by atoms with Crippen molar-refractivity contribution in [2.45, 2.75) is 19.3 Å². The number of pyridine rings is 1. The monoisotopic (exact) mass is 259 g/mol. The maximum absolute atomic E-state index is 5.98. The molecule has 90 valence electrons. The van der Waals surface area contributed by atoms with E-state index < -0.39 is 0 Å². The molecule has 0 atom stereocenters. The predicted molar refractivity (Wildman–Crippen MR) is 74.4 cm³/mol. The minimum absolute atomic E-state index is 0.587. The summed E-state index contributed by atoms with van der Waals surface area (Å²) in [5.74, 6) is 1.96. The van der Waals surface area contributed by atoms with Crippen LogP contribution in [0.1, 0.15) is 19.3 Å². The Morgan fingerprint density at radius 2 is 2.25 bits per heavy atom. The largest absolute Gasteiger partial charge is 0.397 e. The van der Waals surface area contributed by atoms with Gasteiger partial charge in [-0.3, -0.25) is 0 Å². The Bertz CT molecular complexity index is 320. The summed E-state index contributed by atoms with van der Waals surface area (Å²) < 4.78 is 0. The van der Waals surface area contributed by atoms with Gasteiger partial charge in [0.1, 0.15) is 5.82 Å². The van der Waals surface area contributed by atoms with Crippen molar-refractivity contribution in [3.8, 4) is 0 Å². The Hall–Kier alpha value is -0.610. The highest BCUT2D eigenvalue weighted by Gasteiger charge is 2.00. The fourth-order valence-electron chi connectivity index (χ4n) is 1.34. The molecule has 1 aromatic rings. The van der Waals surface area contributed by atoms with Crippen LogP contribution in [0.2, 0.25) is 5.02 Å². The van der Waals surface area contributed by atoms with Crippen LogP contribution in [0.25, 0.3) is 0 Å². The molecule has 0 aliphatic heterocycles. The van der Waals surface area contributed by atoms with E-state index in [-0.39, 0.29) is 0 Å². The lowest BCUT2D eigenvalue weighted by atomic mass is 10.2. The second-order valence-electron chi connectivity index (χ2n) is 3.58. The minimum atomic E-state index is 0.587. The first-order valence-corrected chi connectivity index (χ1v) is 7.15. The number of hydrogen-bond acceptors (Lipinski definition) is 4. The third-order valence-corrected chi connectivity index (χ3v) is 3.17. The zero-order valence-corrected chi connectivity index (χ0v) is 11.1. The number of halogens is 1. The molecule has 0 radical (unpaired) electrons. The normalized spacial score (nSPS) is 10.4. The number of thioether (sulfide) groups is 1. The summed E-state index contributed by atoms with van der Waals surface area (Å²) >= 11 is 7.88. The van der Waals surface area contributed by atoms with Gasteiger partial charge in [0, 0.05) is 6.54 Å². The van der Waals surface area contributed by atoms with E-state index >= 15 is 0 Å². The van der Waals surface area contributed by atoms with Gasteiger partial charge in [0.15, 0.2) is 0 Å². The smallest absolute Gasteiger partial charge is 0.144 e. The van der Waals surface area contributed by atoms with E-state index in [4.69, 9.17) is 17.3 Å². The topological polar surface area (TPSA) is 50.9 Å². The molecule has 0 aliphatic rings. The molecule has 0 bridgehead atoms. The summed E-state index contributed by atoms with van der Waals surface area (Å²) in [4.78, 5) is 4.14. The maximum Gasteiger partial charge on any atom is 0.144 e. The van der Waals surface area contributed by atoms with Gasteiger partial charge in [-0.05, 0) is 30.9 Å². The summed E-state index contributed by atoms with van der Waals surface area (Å²) in [7, 11) is 0. The first-order valence-electron chi connectivity index (χ1n) is 5.38. The second kappa shape index (κ2) is 7.63. The standard InChI is InChI=1S/C11H18ClN3S/c1-16-6-4-2-3-5-14-11-10(12)7-9(13)8-15-11/h7-8H,2-6,13H2,1H3,(H,14,15). The van der Waals surface area contributed by atoms with Crippen LogP contribution in [0.5, 0.6) is 0 Å². The first-order chi connectivity index (χ1) is 7.74. The average Bonchev–Trinajstić information content (AvgIpc) is 2.26. The van der Waals surface area contributed by atoms with Crippen molar-refractivity contribution in [3.63, 3.8) is 0 Å². The molecule has 0 amide bonds. The van der Waals surface area contributed by atoms with Crippen molar-refractivity contribution in [1.82, 2.24) is 4.98 Å². The molecule has 0 saturated heterocycles. The van der Waals surface area contributed by atoms with Gasteiger partial charge in [-0.25, -0.2) is 4.98 Å². The van der Waals surface area contributed by atoms with Gasteiger partial charge in [0.25, 0.3) is 0 Å². The first kappa shape index (κ1) is 13.5. The summed E-state index contributed by atoms with van der Waals surface area (Å²) in [5.41, 5.74) is 6.15. The number of nitrogen functional groups attached to an aromatic ring is 1. The van der Waals surface area contributed by atoms with Gasteiger partial charge in [-0.2, -0.15) is 11.8 Å². The number of nitrogens with one attached hydrogen (secondary N) is 1. The van der Waals surface area contributed by atoms with E-state index in [0.717, 1.165) is 18.8 Å². The van der Waals surface area contributed by atoms with Crippen LogP contribution in [0.4, 0.5) is 11.5 Å². The average molecular weight is 260 g/mol. The Morgan fingerprint density at radius 1 is 1.44 bits per heavy atom. The maximum atomic E-state index is 5.98. The summed E-state index contributed by atoms with van der Waals surface area (Å²) in [6.45, 7) is 0.908. The van der Waals surface area contributed by atoms with Crippen molar-refractivity contribution in [2.75, 3.05) is 29.6 Å². The lowest BCUT2D eigenvalue weighted by Crippen LogP contribution is -2.04. The van der Waals surface area contributed by atoms with Gasteiger partial charge in [0.2, 0.25) is 0 Å². The summed E-state index contributed by atoms with van der Waals surface area (Å²) in [6.07, 6.45) is 7.40. The molecule has 1 aromatic heterocycles. The Morgan fingerprint density at radius 3 is 2.94 bits per heavy atom. The van der Waals surface area contributed by atoms with Crippen LogP contribution >= 0.6 is 23.4 Å². The number of nitrogens with zero attached hydrogens (tertiary/aromatic N) is 1. The molecule has 0 spiro atoms. The Labute approximate surface area is 106 Å². The van der Waals surface area contributed by atoms with Gasteiger partial charge < -0.3 is 11.1 Å². The quantitative estimate of drug-likeness (QED) is 0.738. The van der Waals surface area contributed by atoms with E-state index in [1.54, 1.807) is 12.3 Å².